The van der Waals surface area contributed by atoms with E-state index in [-0.39, 0.29) is 11.7 Å². The van der Waals surface area contributed by atoms with Gasteiger partial charge in [0.15, 0.2) is 5.78 Å². The van der Waals surface area contributed by atoms with E-state index < -0.39 is 0 Å². The van der Waals surface area contributed by atoms with Crippen molar-refractivity contribution in [3.63, 3.8) is 0 Å². The molecule has 1 aliphatic carbocycles. The second-order valence-corrected chi connectivity index (χ2v) is 6.60. The van der Waals surface area contributed by atoms with Gasteiger partial charge in [-0.25, -0.2) is 9.97 Å². The van der Waals surface area contributed by atoms with Gasteiger partial charge in [0.2, 0.25) is 12.4 Å². The van der Waals surface area contributed by atoms with Crippen LogP contribution < -0.4 is 4.90 Å². The number of furan rings is 1. The lowest BCUT2D eigenvalue weighted by Crippen LogP contribution is -2.46. The number of ketones is 1. The van der Waals surface area contributed by atoms with Crippen molar-refractivity contribution in [2.45, 2.75) is 25.7 Å². The highest BCUT2D eigenvalue weighted by molar-refractivity contribution is 5.99. The minimum absolute atomic E-state index is 0.0315. The molecule has 1 amide bonds. The molecule has 4 rings (SSSR count). The summed E-state index contributed by atoms with van der Waals surface area (Å²) < 4.78 is 5.49. The summed E-state index contributed by atoms with van der Waals surface area (Å²) in [6, 6.07) is 3.76. The number of anilines is 1. The standard InChI is InChI=1S/C18H20N4O3/c1-12-17-14(9-13(10-15(17)24)16-3-2-8-25-16)20-18(19-12)22-6-4-21(11-23)5-7-22/h2-3,8,11,13H,4-7,9-10H2,1H3. The Morgan fingerprint density at radius 3 is 2.68 bits per heavy atom. The lowest BCUT2D eigenvalue weighted by Gasteiger charge is -2.33. The van der Waals surface area contributed by atoms with E-state index in [9.17, 15) is 9.59 Å². The number of Topliss-reactive ketones (excluding diaryl/α,β-unsaturated/α-hetero) is 1. The number of amides is 1. The maximum Gasteiger partial charge on any atom is 0.225 e. The second-order valence-electron chi connectivity index (χ2n) is 6.60. The van der Waals surface area contributed by atoms with Crippen molar-refractivity contribution < 1.29 is 14.0 Å². The van der Waals surface area contributed by atoms with Gasteiger partial charge >= 0.3 is 0 Å². The summed E-state index contributed by atoms with van der Waals surface area (Å²) in [6.07, 6.45) is 3.63. The van der Waals surface area contributed by atoms with Crippen molar-refractivity contribution in [3.8, 4) is 0 Å². The Labute approximate surface area is 145 Å². The van der Waals surface area contributed by atoms with Crippen LogP contribution in [0.3, 0.4) is 0 Å². The molecule has 0 aromatic carbocycles. The Kier molecular flexibility index (Phi) is 3.99. The number of hydrogen-bond acceptors (Lipinski definition) is 6. The smallest absolute Gasteiger partial charge is 0.225 e. The van der Waals surface area contributed by atoms with Crippen LogP contribution in [-0.2, 0) is 11.2 Å². The fourth-order valence-corrected chi connectivity index (χ4v) is 3.65. The average molecular weight is 340 g/mol. The third kappa shape index (κ3) is 2.90. The fourth-order valence-electron chi connectivity index (χ4n) is 3.65. The molecule has 3 heterocycles. The van der Waals surface area contributed by atoms with Crippen molar-refractivity contribution in [2.24, 2.45) is 0 Å². The van der Waals surface area contributed by atoms with E-state index in [1.54, 1.807) is 11.2 Å². The molecule has 1 aliphatic heterocycles. The number of carbonyl (C=O) groups excluding carboxylic acids is 2. The molecule has 1 fully saturated rings. The highest BCUT2D eigenvalue weighted by Gasteiger charge is 2.32. The van der Waals surface area contributed by atoms with Crippen LogP contribution in [0, 0.1) is 6.92 Å². The number of aryl methyl sites for hydroxylation is 1. The lowest BCUT2D eigenvalue weighted by molar-refractivity contribution is -0.118. The van der Waals surface area contributed by atoms with E-state index in [1.165, 1.54) is 0 Å². The number of carbonyl (C=O) groups is 2. The first-order chi connectivity index (χ1) is 12.2. The molecule has 25 heavy (non-hydrogen) atoms. The summed E-state index contributed by atoms with van der Waals surface area (Å²) in [5, 5.41) is 0. The highest BCUT2D eigenvalue weighted by Crippen LogP contribution is 2.33. The predicted molar refractivity (Wildman–Crippen MR) is 90.7 cm³/mol. The molecule has 2 aromatic rings. The summed E-state index contributed by atoms with van der Waals surface area (Å²) in [5.41, 5.74) is 2.21. The van der Waals surface area contributed by atoms with Crippen LogP contribution in [0.5, 0.6) is 0 Å². The number of fused-ring (bicyclic) bond motifs is 1. The molecule has 0 spiro atoms. The Morgan fingerprint density at radius 1 is 1.20 bits per heavy atom. The summed E-state index contributed by atoms with van der Waals surface area (Å²) >= 11 is 0. The Hall–Kier alpha value is -2.70. The SMILES string of the molecule is Cc1nc(N2CCN(C=O)CC2)nc2c1C(=O)CC(c1ccco1)C2. The largest absolute Gasteiger partial charge is 0.469 e. The maximum atomic E-state index is 12.6. The molecule has 0 radical (unpaired) electrons. The van der Waals surface area contributed by atoms with Gasteiger partial charge in [0.25, 0.3) is 0 Å². The van der Waals surface area contributed by atoms with Crippen LogP contribution in [0.15, 0.2) is 22.8 Å². The van der Waals surface area contributed by atoms with Gasteiger partial charge in [-0.3, -0.25) is 9.59 Å². The minimum Gasteiger partial charge on any atom is -0.469 e. The van der Waals surface area contributed by atoms with E-state index in [1.807, 2.05) is 19.1 Å². The van der Waals surface area contributed by atoms with E-state index >= 15 is 0 Å². The Bertz CT molecular complexity index is 795. The zero-order valence-corrected chi connectivity index (χ0v) is 14.1. The predicted octanol–water partition coefficient (Wildman–Crippen LogP) is 1.57. The molecule has 2 aliphatic rings. The maximum absolute atomic E-state index is 12.6. The normalized spacial score (nSPS) is 20.5. The van der Waals surface area contributed by atoms with Crippen molar-refractivity contribution in [1.29, 1.82) is 0 Å². The fraction of sp³-hybridized carbons (Fsp3) is 0.444. The molecular formula is C18H20N4O3. The topological polar surface area (TPSA) is 79.5 Å². The Morgan fingerprint density at radius 2 is 2.00 bits per heavy atom. The minimum atomic E-state index is 0.0315. The number of hydrogen-bond donors (Lipinski definition) is 0. The molecule has 1 saturated heterocycles. The third-order valence-electron chi connectivity index (χ3n) is 5.00. The number of aromatic nitrogens is 2. The monoisotopic (exact) mass is 340 g/mol. The Balaban J connectivity index is 1.63. The molecule has 1 unspecified atom stereocenters. The average Bonchev–Trinajstić information content (AvgIpc) is 3.16. The third-order valence-corrected chi connectivity index (χ3v) is 5.00. The van der Waals surface area contributed by atoms with Crippen molar-refractivity contribution >= 4 is 18.1 Å². The van der Waals surface area contributed by atoms with Crippen LogP contribution in [0.4, 0.5) is 5.95 Å². The van der Waals surface area contributed by atoms with Gasteiger partial charge in [0.1, 0.15) is 5.76 Å². The highest BCUT2D eigenvalue weighted by atomic mass is 16.3. The van der Waals surface area contributed by atoms with E-state index in [4.69, 9.17) is 9.40 Å². The lowest BCUT2D eigenvalue weighted by atomic mass is 9.84. The summed E-state index contributed by atoms with van der Waals surface area (Å²) in [7, 11) is 0. The quantitative estimate of drug-likeness (QED) is 0.789. The van der Waals surface area contributed by atoms with Gasteiger partial charge in [-0.2, -0.15) is 0 Å². The first-order valence-corrected chi connectivity index (χ1v) is 8.54. The molecule has 2 aromatic heterocycles. The van der Waals surface area contributed by atoms with Gasteiger partial charge in [0.05, 0.1) is 23.2 Å². The van der Waals surface area contributed by atoms with Crippen LogP contribution in [-0.4, -0.2) is 53.2 Å². The van der Waals surface area contributed by atoms with Crippen molar-refractivity contribution in [2.75, 3.05) is 31.1 Å². The number of rotatable bonds is 3. The molecule has 0 bridgehead atoms. The summed E-state index contributed by atoms with van der Waals surface area (Å²) in [6.45, 7) is 4.60. The van der Waals surface area contributed by atoms with Gasteiger partial charge in [-0.05, 0) is 19.1 Å². The molecule has 7 nitrogen and oxygen atoms in total. The second kappa shape index (κ2) is 6.31. The molecule has 1 atom stereocenters. The van der Waals surface area contributed by atoms with E-state index in [0.717, 1.165) is 23.6 Å². The van der Waals surface area contributed by atoms with Crippen molar-refractivity contribution in [3.05, 3.63) is 41.1 Å². The first-order valence-electron chi connectivity index (χ1n) is 8.54. The van der Waals surface area contributed by atoms with Crippen LogP contribution >= 0.6 is 0 Å². The van der Waals surface area contributed by atoms with E-state index in [0.29, 0.717) is 50.5 Å². The van der Waals surface area contributed by atoms with Gasteiger partial charge in [-0.15, -0.1) is 0 Å². The summed E-state index contributed by atoms with van der Waals surface area (Å²) in [5.74, 6) is 1.59. The molecule has 0 N–H and O–H groups in total. The molecule has 7 heteroatoms. The van der Waals surface area contributed by atoms with Crippen LogP contribution in [0.25, 0.3) is 0 Å². The zero-order chi connectivity index (χ0) is 17.4. The number of piperazine rings is 1. The molecular weight excluding hydrogens is 320 g/mol. The van der Waals surface area contributed by atoms with Crippen LogP contribution in [0.2, 0.25) is 0 Å². The van der Waals surface area contributed by atoms with Crippen molar-refractivity contribution in [1.82, 2.24) is 14.9 Å². The number of nitrogens with zero attached hydrogens (tertiary/aromatic N) is 4. The molecule has 130 valence electrons. The molecule has 0 saturated carbocycles. The first kappa shape index (κ1) is 15.8. The van der Waals surface area contributed by atoms with Gasteiger partial charge in [-0.1, -0.05) is 0 Å². The van der Waals surface area contributed by atoms with Gasteiger partial charge < -0.3 is 14.2 Å². The summed E-state index contributed by atoms with van der Waals surface area (Å²) in [4.78, 5) is 36.6. The van der Waals surface area contributed by atoms with Gasteiger partial charge in [0, 0.05) is 44.9 Å². The van der Waals surface area contributed by atoms with Crippen LogP contribution in [0.1, 0.15) is 39.8 Å². The zero-order valence-electron chi connectivity index (χ0n) is 14.1. The van der Waals surface area contributed by atoms with E-state index in [2.05, 4.69) is 9.88 Å².